The van der Waals surface area contributed by atoms with Crippen molar-refractivity contribution in [2.75, 3.05) is 12.3 Å². The molecule has 2 rings (SSSR count). The first-order valence-electron chi connectivity index (χ1n) is 8.63. The van der Waals surface area contributed by atoms with Crippen molar-refractivity contribution in [3.8, 4) is 5.75 Å². The van der Waals surface area contributed by atoms with Crippen molar-refractivity contribution in [3.63, 3.8) is 0 Å². The average molecular weight is 357 g/mol. The minimum absolute atomic E-state index is 0.0372. The summed E-state index contributed by atoms with van der Waals surface area (Å²) in [7, 11) is 0. The van der Waals surface area contributed by atoms with Gasteiger partial charge in [0.25, 0.3) is 5.91 Å². The van der Waals surface area contributed by atoms with Gasteiger partial charge in [-0.25, -0.2) is 9.37 Å². The summed E-state index contributed by atoms with van der Waals surface area (Å²) in [6.07, 6.45) is 7.29. The molecule has 3 N–H and O–H groups in total. The van der Waals surface area contributed by atoms with E-state index in [0.29, 0.717) is 12.2 Å². The lowest BCUT2D eigenvalue weighted by Crippen LogP contribution is -2.24. The number of rotatable bonds is 10. The van der Waals surface area contributed by atoms with Gasteiger partial charge < -0.3 is 15.8 Å². The number of allylic oxidation sites excluding steroid dienone is 1. The molecule has 2 aromatic rings. The molecule has 0 aliphatic rings. The molecule has 138 valence electrons. The number of amides is 1. The van der Waals surface area contributed by atoms with E-state index in [1.54, 1.807) is 30.3 Å². The Bertz CT molecular complexity index is 750. The Kier molecular flexibility index (Phi) is 7.61. The van der Waals surface area contributed by atoms with E-state index in [2.05, 4.69) is 16.9 Å². The molecule has 26 heavy (non-hydrogen) atoms. The number of pyridine rings is 1. The van der Waals surface area contributed by atoms with Crippen LogP contribution in [0.25, 0.3) is 0 Å². The van der Waals surface area contributed by atoms with Crippen molar-refractivity contribution in [3.05, 3.63) is 66.1 Å². The number of hydrogen-bond donors (Lipinski definition) is 2. The van der Waals surface area contributed by atoms with E-state index >= 15 is 0 Å². The van der Waals surface area contributed by atoms with Gasteiger partial charge in [-0.1, -0.05) is 18.2 Å². The number of nitrogen functional groups attached to an aromatic ring is 1. The summed E-state index contributed by atoms with van der Waals surface area (Å²) < 4.78 is 20.0. The third-order valence-electron chi connectivity index (χ3n) is 3.88. The molecule has 0 aliphatic heterocycles. The highest BCUT2D eigenvalue weighted by atomic mass is 19.1. The molecule has 5 nitrogen and oxygen atoms in total. The van der Waals surface area contributed by atoms with Crippen molar-refractivity contribution in [1.29, 1.82) is 0 Å². The fourth-order valence-corrected chi connectivity index (χ4v) is 2.43. The lowest BCUT2D eigenvalue weighted by atomic mass is 10.1. The molecule has 0 atom stereocenters. The number of unbranched alkanes of at least 4 members (excludes halogenated alkanes) is 3. The first-order chi connectivity index (χ1) is 12.6. The maximum absolute atomic E-state index is 14.5. The number of hydrogen-bond acceptors (Lipinski definition) is 4. The average Bonchev–Trinajstić information content (AvgIpc) is 2.65. The Labute approximate surface area is 153 Å². The molecule has 1 aromatic carbocycles. The van der Waals surface area contributed by atoms with Crippen molar-refractivity contribution >= 4 is 11.7 Å². The zero-order valence-electron chi connectivity index (χ0n) is 14.7. The van der Waals surface area contributed by atoms with E-state index in [-0.39, 0.29) is 23.7 Å². The van der Waals surface area contributed by atoms with E-state index in [0.717, 1.165) is 25.7 Å². The zero-order chi connectivity index (χ0) is 18.8. The molecular weight excluding hydrogens is 333 g/mol. The molecule has 0 spiro atoms. The molecule has 0 unspecified atom stereocenters. The second-order valence-corrected chi connectivity index (χ2v) is 5.83. The van der Waals surface area contributed by atoms with Crippen LogP contribution in [0.5, 0.6) is 5.75 Å². The Morgan fingerprint density at radius 3 is 2.88 bits per heavy atom. The summed E-state index contributed by atoms with van der Waals surface area (Å²) >= 11 is 0. The summed E-state index contributed by atoms with van der Waals surface area (Å²) in [5.74, 6) is -0.526. The fraction of sp³-hybridized carbons (Fsp3) is 0.300. The number of nitrogens with two attached hydrogens (primary N) is 1. The second-order valence-electron chi connectivity index (χ2n) is 5.83. The minimum atomic E-state index is -0.460. The van der Waals surface area contributed by atoms with Gasteiger partial charge in [-0.05, 0) is 43.9 Å². The third-order valence-corrected chi connectivity index (χ3v) is 3.88. The zero-order valence-corrected chi connectivity index (χ0v) is 14.7. The van der Waals surface area contributed by atoms with Crippen LogP contribution >= 0.6 is 0 Å². The maximum Gasteiger partial charge on any atom is 0.255 e. The smallest absolute Gasteiger partial charge is 0.255 e. The summed E-state index contributed by atoms with van der Waals surface area (Å²) in [6.45, 7) is 4.17. The van der Waals surface area contributed by atoms with Gasteiger partial charge in [-0.15, -0.1) is 6.58 Å². The Morgan fingerprint density at radius 1 is 1.27 bits per heavy atom. The first kappa shape index (κ1) is 19.4. The quantitative estimate of drug-likeness (QED) is 0.500. The van der Waals surface area contributed by atoms with Crippen molar-refractivity contribution in [1.82, 2.24) is 10.3 Å². The van der Waals surface area contributed by atoms with E-state index in [1.807, 2.05) is 6.08 Å². The molecule has 0 saturated heterocycles. The summed E-state index contributed by atoms with van der Waals surface area (Å²) in [5, 5.41) is 2.65. The van der Waals surface area contributed by atoms with Crippen LogP contribution in [0.4, 0.5) is 10.2 Å². The summed E-state index contributed by atoms with van der Waals surface area (Å²) in [5.41, 5.74) is 6.29. The highest BCUT2D eigenvalue weighted by Gasteiger charge is 2.13. The van der Waals surface area contributed by atoms with Gasteiger partial charge in [0.1, 0.15) is 5.82 Å². The Hall–Kier alpha value is -2.89. The number of carbonyl (C=O) groups is 1. The van der Waals surface area contributed by atoms with Crippen LogP contribution in [0, 0.1) is 5.82 Å². The lowest BCUT2D eigenvalue weighted by Gasteiger charge is -2.11. The van der Waals surface area contributed by atoms with Gasteiger partial charge in [0.2, 0.25) is 0 Å². The second kappa shape index (κ2) is 10.2. The number of aromatic nitrogens is 1. The molecule has 0 bridgehead atoms. The molecule has 0 radical (unpaired) electrons. The predicted molar refractivity (Wildman–Crippen MR) is 100 cm³/mol. The maximum atomic E-state index is 14.5. The number of carbonyl (C=O) groups excluding carboxylic acids is 1. The van der Waals surface area contributed by atoms with E-state index in [4.69, 9.17) is 10.5 Å². The van der Waals surface area contributed by atoms with Crippen LogP contribution in [-0.2, 0) is 6.54 Å². The molecule has 0 saturated carbocycles. The van der Waals surface area contributed by atoms with E-state index < -0.39 is 11.7 Å². The van der Waals surface area contributed by atoms with Gasteiger partial charge >= 0.3 is 0 Å². The molecule has 0 aliphatic carbocycles. The summed E-state index contributed by atoms with van der Waals surface area (Å²) in [4.78, 5) is 16.0. The molecule has 0 fully saturated rings. The van der Waals surface area contributed by atoms with Crippen LogP contribution in [0.2, 0.25) is 0 Å². The monoisotopic (exact) mass is 357 g/mol. The summed E-state index contributed by atoms with van der Waals surface area (Å²) in [6, 6.07) is 8.09. The van der Waals surface area contributed by atoms with Crippen molar-refractivity contribution in [2.24, 2.45) is 0 Å². The number of halogens is 1. The normalized spacial score (nSPS) is 10.3. The van der Waals surface area contributed by atoms with Crippen LogP contribution in [0.3, 0.4) is 0 Å². The molecule has 1 amide bonds. The first-order valence-corrected chi connectivity index (χ1v) is 8.63. The van der Waals surface area contributed by atoms with Crippen molar-refractivity contribution < 1.29 is 13.9 Å². The number of anilines is 1. The Balaban J connectivity index is 1.89. The standard InChI is InChI=1S/C20H24FN3O2/c1-2-3-4-5-6-13-26-17-11-7-9-15(18(17)21)14-24-20(25)16-10-8-12-23-19(16)22/h2,7-12H,1,3-6,13-14H2,(H2,22,23)(H,24,25). The number of nitrogens with one attached hydrogen (secondary N) is 1. The van der Waals surface area contributed by atoms with E-state index in [9.17, 15) is 9.18 Å². The SMILES string of the molecule is C=CCCCCCOc1cccc(CNC(=O)c2cccnc2N)c1F. The highest BCUT2D eigenvalue weighted by molar-refractivity contribution is 5.98. The highest BCUT2D eigenvalue weighted by Crippen LogP contribution is 2.21. The molecule has 1 heterocycles. The fourth-order valence-electron chi connectivity index (χ4n) is 2.43. The van der Waals surface area contributed by atoms with Crippen LogP contribution in [0.15, 0.2) is 49.2 Å². The van der Waals surface area contributed by atoms with E-state index in [1.165, 1.54) is 6.20 Å². The number of benzene rings is 1. The topological polar surface area (TPSA) is 77.2 Å². The minimum Gasteiger partial charge on any atom is -0.491 e. The number of nitrogens with zero attached hydrogens (tertiary/aromatic N) is 1. The molecular formula is C20H24FN3O2. The largest absolute Gasteiger partial charge is 0.491 e. The third kappa shape index (κ3) is 5.58. The lowest BCUT2D eigenvalue weighted by molar-refractivity contribution is 0.0951. The molecule has 6 heteroatoms. The van der Waals surface area contributed by atoms with Gasteiger partial charge in [-0.2, -0.15) is 0 Å². The van der Waals surface area contributed by atoms with Gasteiger partial charge in [-0.3, -0.25) is 4.79 Å². The van der Waals surface area contributed by atoms with Gasteiger partial charge in [0, 0.05) is 18.3 Å². The molecule has 1 aromatic heterocycles. The van der Waals surface area contributed by atoms with Gasteiger partial charge in [0.05, 0.1) is 12.2 Å². The van der Waals surface area contributed by atoms with Crippen LogP contribution in [-0.4, -0.2) is 17.5 Å². The van der Waals surface area contributed by atoms with Crippen molar-refractivity contribution in [2.45, 2.75) is 32.2 Å². The Morgan fingerprint density at radius 2 is 2.12 bits per heavy atom. The van der Waals surface area contributed by atoms with Gasteiger partial charge in [0.15, 0.2) is 11.6 Å². The predicted octanol–water partition coefficient (Wildman–Crippen LogP) is 3.86. The number of ether oxygens (including phenoxy) is 1. The van der Waals surface area contributed by atoms with Crippen LogP contribution in [0.1, 0.15) is 41.6 Å². The van der Waals surface area contributed by atoms with Crippen LogP contribution < -0.4 is 15.8 Å².